The third kappa shape index (κ3) is 2.36. The molecular formula is C14H15ClN4O. The van der Waals surface area contributed by atoms with Gasteiger partial charge in [-0.05, 0) is 18.2 Å². The van der Waals surface area contributed by atoms with Gasteiger partial charge in [-0.2, -0.15) is 5.10 Å². The van der Waals surface area contributed by atoms with Crippen molar-refractivity contribution < 1.29 is 4.74 Å². The van der Waals surface area contributed by atoms with Gasteiger partial charge in [0, 0.05) is 25.0 Å². The van der Waals surface area contributed by atoms with Crippen molar-refractivity contribution in [1.29, 1.82) is 0 Å². The fourth-order valence-corrected chi connectivity index (χ4v) is 2.47. The van der Waals surface area contributed by atoms with Crippen molar-refractivity contribution in [2.75, 3.05) is 7.11 Å². The van der Waals surface area contributed by atoms with Gasteiger partial charge in [0.2, 0.25) is 0 Å². The fourth-order valence-electron chi connectivity index (χ4n) is 2.27. The van der Waals surface area contributed by atoms with Crippen molar-refractivity contribution in [2.24, 2.45) is 0 Å². The van der Waals surface area contributed by atoms with Crippen molar-refractivity contribution in [2.45, 2.75) is 19.0 Å². The Morgan fingerprint density at radius 3 is 2.90 bits per heavy atom. The van der Waals surface area contributed by atoms with Gasteiger partial charge in [0.25, 0.3) is 0 Å². The Bertz CT molecular complexity index is 705. The second-order valence-electron chi connectivity index (χ2n) is 4.44. The van der Waals surface area contributed by atoms with E-state index >= 15 is 0 Å². The highest BCUT2D eigenvalue weighted by molar-refractivity contribution is 6.16. The number of fused-ring (bicyclic) bond motifs is 1. The van der Waals surface area contributed by atoms with Gasteiger partial charge >= 0.3 is 0 Å². The summed E-state index contributed by atoms with van der Waals surface area (Å²) >= 11 is 6.00. The quantitative estimate of drug-likeness (QED) is 0.679. The molecule has 3 rings (SSSR count). The van der Waals surface area contributed by atoms with Crippen LogP contribution in [0.3, 0.4) is 0 Å². The van der Waals surface area contributed by atoms with E-state index in [0.29, 0.717) is 5.88 Å². The van der Waals surface area contributed by atoms with Gasteiger partial charge < -0.3 is 9.30 Å². The van der Waals surface area contributed by atoms with Gasteiger partial charge in [0.15, 0.2) is 0 Å². The normalized spacial score (nSPS) is 11.1. The molecule has 0 unspecified atom stereocenters. The van der Waals surface area contributed by atoms with E-state index in [1.807, 2.05) is 35.1 Å². The molecule has 0 spiro atoms. The Balaban J connectivity index is 1.97. The number of benzene rings is 1. The highest BCUT2D eigenvalue weighted by atomic mass is 35.5. The minimum Gasteiger partial charge on any atom is -0.497 e. The molecule has 2 heterocycles. The molecule has 20 heavy (non-hydrogen) atoms. The van der Waals surface area contributed by atoms with Gasteiger partial charge in [-0.3, -0.25) is 4.68 Å². The van der Waals surface area contributed by atoms with Crippen LogP contribution in [0.15, 0.2) is 36.7 Å². The van der Waals surface area contributed by atoms with Crippen molar-refractivity contribution in [3.63, 3.8) is 0 Å². The van der Waals surface area contributed by atoms with E-state index in [4.69, 9.17) is 16.3 Å². The largest absolute Gasteiger partial charge is 0.497 e. The number of aryl methyl sites for hydroxylation is 2. The van der Waals surface area contributed by atoms with Gasteiger partial charge in [0.05, 0.1) is 30.6 Å². The standard InChI is InChI=1S/C14H15ClN4O/c1-20-11-3-4-12-13(9-11)19(14(10-15)17-12)8-7-18-6-2-5-16-18/h2-6,9H,7-8,10H2,1H3. The van der Waals surface area contributed by atoms with E-state index in [1.54, 1.807) is 13.3 Å². The first-order chi connectivity index (χ1) is 9.81. The second kappa shape index (κ2) is 5.54. The van der Waals surface area contributed by atoms with E-state index in [9.17, 15) is 0 Å². The molecule has 0 saturated carbocycles. The first-order valence-electron chi connectivity index (χ1n) is 6.38. The van der Waals surface area contributed by atoms with Crippen LogP contribution in [0.2, 0.25) is 0 Å². The van der Waals surface area contributed by atoms with E-state index < -0.39 is 0 Å². The highest BCUT2D eigenvalue weighted by Gasteiger charge is 2.10. The summed E-state index contributed by atoms with van der Waals surface area (Å²) < 4.78 is 9.29. The lowest BCUT2D eigenvalue weighted by Crippen LogP contribution is -2.10. The van der Waals surface area contributed by atoms with Gasteiger partial charge in [-0.15, -0.1) is 11.6 Å². The van der Waals surface area contributed by atoms with Crippen molar-refractivity contribution in [3.8, 4) is 5.75 Å². The average molecular weight is 291 g/mol. The number of methoxy groups -OCH3 is 1. The summed E-state index contributed by atoms with van der Waals surface area (Å²) in [5.74, 6) is 2.07. The summed E-state index contributed by atoms with van der Waals surface area (Å²) in [6, 6.07) is 7.76. The predicted molar refractivity (Wildman–Crippen MR) is 78.1 cm³/mol. The van der Waals surface area contributed by atoms with E-state index in [0.717, 1.165) is 35.7 Å². The number of nitrogens with zero attached hydrogens (tertiary/aromatic N) is 4. The molecule has 0 radical (unpaired) electrons. The Morgan fingerprint density at radius 2 is 2.20 bits per heavy atom. The number of aromatic nitrogens is 4. The number of imidazole rings is 1. The molecule has 0 atom stereocenters. The third-order valence-electron chi connectivity index (χ3n) is 3.27. The van der Waals surface area contributed by atoms with E-state index in [1.165, 1.54) is 0 Å². The van der Waals surface area contributed by atoms with Gasteiger partial charge in [0.1, 0.15) is 11.6 Å². The molecule has 0 fully saturated rings. The predicted octanol–water partition coefficient (Wildman–Crippen LogP) is 2.68. The lowest BCUT2D eigenvalue weighted by Gasteiger charge is -2.08. The minimum atomic E-state index is 0.385. The van der Waals surface area contributed by atoms with Crippen molar-refractivity contribution in [3.05, 3.63) is 42.5 Å². The molecule has 6 heteroatoms. The third-order valence-corrected chi connectivity index (χ3v) is 3.50. The Labute approximate surface area is 121 Å². The van der Waals surface area contributed by atoms with Crippen LogP contribution in [0.1, 0.15) is 5.82 Å². The highest BCUT2D eigenvalue weighted by Crippen LogP contribution is 2.22. The fraction of sp³-hybridized carbons (Fsp3) is 0.286. The smallest absolute Gasteiger partial charge is 0.124 e. The van der Waals surface area contributed by atoms with Crippen molar-refractivity contribution in [1.82, 2.24) is 19.3 Å². The number of hydrogen-bond donors (Lipinski definition) is 0. The summed E-state index contributed by atoms with van der Waals surface area (Å²) in [5, 5.41) is 4.21. The molecule has 0 bridgehead atoms. The molecule has 2 aromatic heterocycles. The van der Waals surface area contributed by atoms with E-state index in [2.05, 4.69) is 14.6 Å². The summed E-state index contributed by atoms with van der Waals surface area (Å²) in [6.45, 7) is 1.55. The van der Waals surface area contributed by atoms with Crippen LogP contribution in [-0.2, 0) is 19.0 Å². The molecule has 0 amide bonds. The molecule has 3 aromatic rings. The molecule has 0 aliphatic rings. The summed E-state index contributed by atoms with van der Waals surface area (Å²) in [7, 11) is 1.66. The average Bonchev–Trinajstić information content (AvgIpc) is 3.11. The van der Waals surface area contributed by atoms with Crippen LogP contribution in [0.4, 0.5) is 0 Å². The number of hydrogen-bond acceptors (Lipinski definition) is 3. The zero-order valence-electron chi connectivity index (χ0n) is 11.2. The maximum absolute atomic E-state index is 6.00. The molecule has 0 aliphatic heterocycles. The molecule has 1 aromatic carbocycles. The first kappa shape index (κ1) is 13.0. The van der Waals surface area contributed by atoms with E-state index in [-0.39, 0.29) is 0 Å². The molecule has 5 nitrogen and oxygen atoms in total. The summed E-state index contributed by atoms with van der Waals surface area (Å²) in [4.78, 5) is 4.55. The topological polar surface area (TPSA) is 44.9 Å². The zero-order chi connectivity index (χ0) is 13.9. The SMILES string of the molecule is COc1ccc2nc(CCl)n(CCn3cccn3)c2c1. The van der Waals surface area contributed by atoms with Gasteiger partial charge in [-0.1, -0.05) is 0 Å². The summed E-state index contributed by atoms with van der Waals surface area (Å²) in [6.07, 6.45) is 3.72. The molecule has 0 N–H and O–H groups in total. The van der Waals surface area contributed by atoms with Crippen LogP contribution in [0.5, 0.6) is 5.75 Å². The zero-order valence-corrected chi connectivity index (χ0v) is 11.9. The Hall–Kier alpha value is -2.01. The van der Waals surface area contributed by atoms with Crippen LogP contribution in [0.25, 0.3) is 11.0 Å². The van der Waals surface area contributed by atoms with Gasteiger partial charge in [-0.25, -0.2) is 4.98 Å². The lowest BCUT2D eigenvalue weighted by molar-refractivity contribution is 0.415. The van der Waals surface area contributed by atoms with Crippen LogP contribution < -0.4 is 4.74 Å². The first-order valence-corrected chi connectivity index (χ1v) is 6.92. The lowest BCUT2D eigenvalue weighted by atomic mass is 10.3. The monoisotopic (exact) mass is 290 g/mol. The maximum Gasteiger partial charge on any atom is 0.124 e. The Morgan fingerprint density at radius 1 is 1.30 bits per heavy atom. The van der Waals surface area contributed by atoms with Crippen molar-refractivity contribution >= 4 is 22.6 Å². The Kier molecular flexibility index (Phi) is 3.60. The number of ether oxygens (including phenoxy) is 1. The molecule has 0 aliphatic carbocycles. The summed E-state index contributed by atoms with van der Waals surface area (Å²) in [5.41, 5.74) is 1.97. The second-order valence-corrected chi connectivity index (χ2v) is 4.70. The minimum absolute atomic E-state index is 0.385. The molecule has 104 valence electrons. The van der Waals surface area contributed by atoms with Crippen LogP contribution >= 0.6 is 11.6 Å². The number of rotatable bonds is 5. The number of alkyl halides is 1. The van der Waals surface area contributed by atoms with Crippen LogP contribution in [0, 0.1) is 0 Å². The molecule has 0 saturated heterocycles. The molecular weight excluding hydrogens is 276 g/mol. The maximum atomic E-state index is 6.00. The number of halogens is 1. The van der Waals surface area contributed by atoms with Crippen LogP contribution in [-0.4, -0.2) is 26.4 Å².